The zero-order valence-electron chi connectivity index (χ0n) is 11.5. The normalized spacial score (nSPS) is 15.3. The molecule has 1 aromatic rings. The Labute approximate surface area is 110 Å². The van der Waals surface area contributed by atoms with Crippen molar-refractivity contribution in [1.29, 1.82) is 0 Å². The van der Waals surface area contributed by atoms with E-state index in [0.29, 0.717) is 6.04 Å². The molecule has 100 valence electrons. The molecule has 2 rings (SSSR count). The molecule has 0 bridgehead atoms. The van der Waals surface area contributed by atoms with Crippen LogP contribution in [0.3, 0.4) is 0 Å². The average molecular weight is 248 g/mol. The van der Waals surface area contributed by atoms with Gasteiger partial charge in [0.2, 0.25) is 0 Å². The maximum atomic E-state index is 5.58. The minimum absolute atomic E-state index is 0.597. The van der Waals surface area contributed by atoms with E-state index in [4.69, 9.17) is 4.74 Å². The summed E-state index contributed by atoms with van der Waals surface area (Å²) >= 11 is 0. The zero-order chi connectivity index (χ0) is 12.8. The summed E-state index contributed by atoms with van der Waals surface area (Å²) in [5, 5.41) is 3.58. The second-order valence-corrected chi connectivity index (χ2v) is 5.24. The number of benzene rings is 1. The number of nitrogens with zero attached hydrogens (tertiary/aromatic N) is 1. The van der Waals surface area contributed by atoms with Crippen LogP contribution < -0.4 is 5.32 Å². The SMILES string of the molecule is CN(C)CCOCCNC1Cc2ccccc2C1. The Morgan fingerprint density at radius 2 is 1.83 bits per heavy atom. The van der Waals surface area contributed by atoms with Crippen LogP contribution in [-0.4, -0.2) is 51.3 Å². The fourth-order valence-corrected chi connectivity index (χ4v) is 2.39. The van der Waals surface area contributed by atoms with Crippen LogP contribution in [0.25, 0.3) is 0 Å². The van der Waals surface area contributed by atoms with E-state index in [1.165, 1.54) is 11.1 Å². The molecule has 0 fully saturated rings. The monoisotopic (exact) mass is 248 g/mol. The molecule has 1 aliphatic rings. The molecule has 0 spiro atoms. The van der Waals surface area contributed by atoms with Crippen LogP contribution in [0, 0.1) is 0 Å². The van der Waals surface area contributed by atoms with Crippen molar-refractivity contribution in [3.05, 3.63) is 35.4 Å². The van der Waals surface area contributed by atoms with Crippen LogP contribution in [0.1, 0.15) is 11.1 Å². The lowest BCUT2D eigenvalue weighted by molar-refractivity contribution is 0.117. The van der Waals surface area contributed by atoms with E-state index in [1.54, 1.807) is 0 Å². The van der Waals surface area contributed by atoms with Gasteiger partial charge in [-0.3, -0.25) is 0 Å². The van der Waals surface area contributed by atoms with Crippen LogP contribution in [0.2, 0.25) is 0 Å². The van der Waals surface area contributed by atoms with Crippen molar-refractivity contribution in [1.82, 2.24) is 10.2 Å². The molecule has 0 aromatic heterocycles. The Morgan fingerprint density at radius 3 is 2.44 bits per heavy atom. The molecule has 0 aliphatic heterocycles. The fourth-order valence-electron chi connectivity index (χ4n) is 2.39. The summed E-state index contributed by atoms with van der Waals surface area (Å²) in [4.78, 5) is 2.14. The molecule has 1 aliphatic carbocycles. The molecule has 3 nitrogen and oxygen atoms in total. The van der Waals surface area contributed by atoms with Crippen LogP contribution >= 0.6 is 0 Å². The van der Waals surface area contributed by atoms with Gasteiger partial charge < -0.3 is 15.0 Å². The van der Waals surface area contributed by atoms with Gasteiger partial charge in [-0.2, -0.15) is 0 Å². The number of ether oxygens (including phenoxy) is 1. The first kappa shape index (κ1) is 13.5. The van der Waals surface area contributed by atoms with Gasteiger partial charge in [0.1, 0.15) is 0 Å². The first-order chi connectivity index (χ1) is 8.75. The fraction of sp³-hybridized carbons (Fsp3) is 0.600. The van der Waals surface area contributed by atoms with E-state index in [0.717, 1.165) is 39.1 Å². The van der Waals surface area contributed by atoms with E-state index >= 15 is 0 Å². The summed E-state index contributed by atoms with van der Waals surface area (Å²) < 4.78 is 5.58. The molecular weight excluding hydrogens is 224 g/mol. The van der Waals surface area contributed by atoms with E-state index < -0.39 is 0 Å². The number of rotatable bonds is 7. The summed E-state index contributed by atoms with van der Waals surface area (Å²) in [7, 11) is 4.13. The van der Waals surface area contributed by atoms with Crippen molar-refractivity contribution in [3.8, 4) is 0 Å². The van der Waals surface area contributed by atoms with Crippen molar-refractivity contribution in [2.75, 3.05) is 40.4 Å². The lowest BCUT2D eigenvalue weighted by Crippen LogP contribution is -2.33. The van der Waals surface area contributed by atoms with Crippen molar-refractivity contribution < 1.29 is 4.74 Å². The molecular formula is C15H24N2O. The molecule has 0 unspecified atom stereocenters. The first-order valence-corrected chi connectivity index (χ1v) is 6.78. The van der Waals surface area contributed by atoms with Crippen molar-refractivity contribution >= 4 is 0 Å². The number of likely N-dealkylation sites (N-methyl/N-ethyl adjacent to an activating group) is 1. The van der Waals surface area contributed by atoms with E-state index in [9.17, 15) is 0 Å². The quantitative estimate of drug-likeness (QED) is 0.737. The molecule has 0 heterocycles. The Morgan fingerprint density at radius 1 is 1.17 bits per heavy atom. The Kier molecular flexibility index (Phi) is 5.17. The predicted molar refractivity (Wildman–Crippen MR) is 75.0 cm³/mol. The van der Waals surface area contributed by atoms with Crippen molar-refractivity contribution in [3.63, 3.8) is 0 Å². The molecule has 0 saturated heterocycles. The average Bonchev–Trinajstić information content (AvgIpc) is 2.75. The van der Waals surface area contributed by atoms with Crippen LogP contribution in [0.4, 0.5) is 0 Å². The van der Waals surface area contributed by atoms with Crippen LogP contribution in [0.5, 0.6) is 0 Å². The number of nitrogens with one attached hydrogen (secondary N) is 1. The van der Waals surface area contributed by atoms with Gasteiger partial charge in [-0.15, -0.1) is 0 Å². The van der Waals surface area contributed by atoms with E-state index in [1.807, 2.05) is 0 Å². The van der Waals surface area contributed by atoms with Gasteiger partial charge in [0.05, 0.1) is 13.2 Å². The van der Waals surface area contributed by atoms with Gasteiger partial charge in [0, 0.05) is 19.1 Å². The van der Waals surface area contributed by atoms with Gasteiger partial charge in [-0.1, -0.05) is 24.3 Å². The van der Waals surface area contributed by atoms with Crippen molar-refractivity contribution in [2.24, 2.45) is 0 Å². The number of hydrogen-bond acceptors (Lipinski definition) is 3. The molecule has 0 atom stereocenters. The largest absolute Gasteiger partial charge is 0.379 e. The van der Waals surface area contributed by atoms with Crippen LogP contribution in [0.15, 0.2) is 24.3 Å². The molecule has 1 aromatic carbocycles. The molecule has 1 N–H and O–H groups in total. The van der Waals surface area contributed by atoms with E-state index in [2.05, 4.69) is 48.6 Å². The number of fused-ring (bicyclic) bond motifs is 1. The van der Waals surface area contributed by atoms with Gasteiger partial charge >= 0.3 is 0 Å². The second kappa shape index (κ2) is 6.88. The van der Waals surface area contributed by atoms with Gasteiger partial charge in [-0.05, 0) is 38.1 Å². The van der Waals surface area contributed by atoms with Crippen LogP contribution in [-0.2, 0) is 17.6 Å². The third-order valence-electron chi connectivity index (χ3n) is 3.41. The highest BCUT2D eigenvalue weighted by Crippen LogP contribution is 2.21. The topological polar surface area (TPSA) is 24.5 Å². The second-order valence-electron chi connectivity index (χ2n) is 5.24. The van der Waals surface area contributed by atoms with Gasteiger partial charge in [0.15, 0.2) is 0 Å². The summed E-state index contributed by atoms with van der Waals surface area (Å²) in [5.41, 5.74) is 3.01. The minimum atomic E-state index is 0.597. The zero-order valence-corrected chi connectivity index (χ0v) is 11.5. The predicted octanol–water partition coefficient (Wildman–Crippen LogP) is 1.32. The van der Waals surface area contributed by atoms with Gasteiger partial charge in [0.25, 0.3) is 0 Å². The molecule has 0 amide bonds. The summed E-state index contributed by atoms with van der Waals surface area (Å²) in [6.07, 6.45) is 2.32. The molecule has 18 heavy (non-hydrogen) atoms. The highest BCUT2D eigenvalue weighted by molar-refractivity contribution is 5.33. The Bertz CT molecular complexity index is 340. The number of hydrogen-bond donors (Lipinski definition) is 1. The summed E-state index contributed by atoms with van der Waals surface area (Å²) in [6.45, 7) is 3.57. The van der Waals surface area contributed by atoms with E-state index in [-0.39, 0.29) is 0 Å². The van der Waals surface area contributed by atoms with Gasteiger partial charge in [-0.25, -0.2) is 0 Å². The summed E-state index contributed by atoms with van der Waals surface area (Å²) in [6, 6.07) is 9.34. The smallest absolute Gasteiger partial charge is 0.0593 e. The lowest BCUT2D eigenvalue weighted by Gasteiger charge is -2.13. The highest BCUT2D eigenvalue weighted by Gasteiger charge is 2.19. The third kappa shape index (κ3) is 4.09. The highest BCUT2D eigenvalue weighted by atomic mass is 16.5. The minimum Gasteiger partial charge on any atom is -0.379 e. The maximum Gasteiger partial charge on any atom is 0.0593 e. The molecule has 3 heteroatoms. The lowest BCUT2D eigenvalue weighted by atomic mass is 10.1. The first-order valence-electron chi connectivity index (χ1n) is 6.78. The standard InChI is InChI=1S/C15H24N2O/c1-17(2)8-10-18-9-7-16-15-11-13-5-3-4-6-14(13)12-15/h3-6,15-16H,7-12H2,1-2H3. The third-order valence-corrected chi connectivity index (χ3v) is 3.41. The van der Waals surface area contributed by atoms with Crippen molar-refractivity contribution in [2.45, 2.75) is 18.9 Å². The molecule has 0 saturated carbocycles. The summed E-state index contributed by atoms with van der Waals surface area (Å²) in [5.74, 6) is 0. The molecule has 0 radical (unpaired) electrons. The Balaban J connectivity index is 1.57. The maximum absolute atomic E-state index is 5.58. The Hall–Kier alpha value is -0.900.